The summed E-state index contributed by atoms with van der Waals surface area (Å²) in [4.78, 5) is 71.7. The van der Waals surface area contributed by atoms with Crippen LogP contribution < -0.4 is 25.2 Å². The fourth-order valence-electron chi connectivity index (χ4n) is 8.61. The second kappa shape index (κ2) is 15.4. The number of hydrogen-bond donors (Lipinski definition) is 2. The molecule has 0 spiro atoms. The largest absolute Gasteiger partial charge is 0.490 e. The molecule has 3 saturated heterocycles. The average molecular weight is 764 g/mol. The quantitative estimate of drug-likeness (QED) is 0.320. The summed E-state index contributed by atoms with van der Waals surface area (Å²) in [6.07, 6.45) is 4.61. The molecule has 5 aliphatic rings. The van der Waals surface area contributed by atoms with Gasteiger partial charge < -0.3 is 19.9 Å². The predicted octanol–water partition coefficient (Wildman–Crippen LogP) is 4.13. The lowest BCUT2D eigenvalue weighted by atomic mass is 10.0. The average Bonchev–Trinajstić information content (AvgIpc) is 3.74. The second-order valence-corrected chi connectivity index (χ2v) is 15.3. The molecule has 0 aromatic heterocycles. The summed E-state index contributed by atoms with van der Waals surface area (Å²) in [5, 5.41) is 14.9. The Hall–Kier alpha value is -5.45. The smallest absolute Gasteiger partial charge is 0.262 e. The lowest BCUT2D eigenvalue weighted by molar-refractivity contribution is -0.136. The van der Waals surface area contributed by atoms with Gasteiger partial charge in [0, 0.05) is 87.2 Å². The molecule has 3 aromatic rings. The first kappa shape index (κ1) is 36.5. The van der Waals surface area contributed by atoms with Gasteiger partial charge >= 0.3 is 0 Å². The Bertz CT molecular complexity index is 2070. The van der Waals surface area contributed by atoms with Gasteiger partial charge in [-0.2, -0.15) is 5.26 Å². The second-order valence-electron chi connectivity index (χ2n) is 14.9. The summed E-state index contributed by atoms with van der Waals surface area (Å²) in [6, 6.07) is 19.8. The molecule has 1 aliphatic carbocycles. The molecule has 13 nitrogen and oxygen atoms in total. The van der Waals surface area contributed by atoms with Gasteiger partial charge in [-0.3, -0.25) is 39.1 Å². The van der Waals surface area contributed by atoms with Crippen LogP contribution in [-0.4, -0.2) is 103 Å². The Morgan fingerprint density at radius 1 is 0.800 bits per heavy atom. The first-order valence-electron chi connectivity index (χ1n) is 19.0. The maximum Gasteiger partial charge on any atom is 0.262 e. The Balaban J connectivity index is 0.784. The first-order chi connectivity index (χ1) is 26.6. The van der Waals surface area contributed by atoms with Crippen molar-refractivity contribution >= 4 is 52.5 Å². The maximum atomic E-state index is 13.3. The fourth-order valence-corrected chi connectivity index (χ4v) is 8.83. The number of halogens is 1. The zero-order valence-corrected chi connectivity index (χ0v) is 31.1. The SMILES string of the molecule is N#Cc1ccc(O[C@H]2CC[C@H](NC(=O)c3ccc(N4CCC(N5CCN(c6ccc7c(c6)C(=O)N(C6CCC(=O)NC6=O)C7=O)CC5)CC4)cc3)C2)cc1Cl. The first-order valence-corrected chi connectivity index (χ1v) is 19.4. The van der Waals surface area contributed by atoms with Gasteiger partial charge in [0.2, 0.25) is 11.8 Å². The number of benzene rings is 3. The van der Waals surface area contributed by atoms with Crippen LogP contribution in [0, 0.1) is 11.3 Å². The van der Waals surface area contributed by atoms with E-state index in [-0.39, 0.29) is 30.9 Å². The van der Waals surface area contributed by atoms with Crippen LogP contribution in [0.5, 0.6) is 5.75 Å². The van der Waals surface area contributed by atoms with Gasteiger partial charge in [-0.15, -0.1) is 0 Å². The molecule has 0 bridgehead atoms. The molecule has 3 atom stereocenters. The van der Waals surface area contributed by atoms with Crippen molar-refractivity contribution in [2.75, 3.05) is 49.1 Å². The van der Waals surface area contributed by atoms with Crippen molar-refractivity contribution in [1.82, 2.24) is 20.4 Å². The van der Waals surface area contributed by atoms with Crippen molar-refractivity contribution in [2.45, 2.75) is 69.2 Å². The highest BCUT2D eigenvalue weighted by atomic mass is 35.5. The number of imide groups is 2. The molecule has 14 heteroatoms. The van der Waals surface area contributed by atoms with E-state index in [2.05, 4.69) is 31.4 Å². The van der Waals surface area contributed by atoms with Gasteiger partial charge in [-0.25, -0.2) is 0 Å². The third-order valence-corrected chi connectivity index (χ3v) is 12.0. The van der Waals surface area contributed by atoms with E-state index in [0.717, 1.165) is 81.2 Å². The minimum Gasteiger partial charge on any atom is -0.490 e. The molecule has 4 fully saturated rings. The zero-order chi connectivity index (χ0) is 38.2. The third kappa shape index (κ3) is 7.49. The van der Waals surface area contributed by atoms with Crippen LogP contribution in [0.1, 0.15) is 81.6 Å². The molecule has 8 rings (SSSR count). The number of amides is 5. The number of carbonyl (C=O) groups excluding carboxylic acids is 5. The number of piperidine rings is 2. The maximum absolute atomic E-state index is 13.3. The number of anilines is 2. The lowest BCUT2D eigenvalue weighted by Gasteiger charge is -2.44. The Morgan fingerprint density at radius 3 is 2.22 bits per heavy atom. The third-order valence-electron chi connectivity index (χ3n) is 11.7. The monoisotopic (exact) mass is 763 g/mol. The number of nitrogens with zero attached hydrogens (tertiary/aromatic N) is 5. The van der Waals surface area contributed by atoms with Gasteiger partial charge in [-0.1, -0.05) is 11.6 Å². The van der Waals surface area contributed by atoms with Crippen LogP contribution in [0.4, 0.5) is 11.4 Å². The summed E-state index contributed by atoms with van der Waals surface area (Å²) in [5.41, 5.74) is 3.62. The van der Waals surface area contributed by atoms with Crippen LogP contribution in [0.25, 0.3) is 0 Å². The van der Waals surface area contributed by atoms with Crippen LogP contribution in [0.2, 0.25) is 5.02 Å². The summed E-state index contributed by atoms with van der Waals surface area (Å²) in [5.74, 6) is -1.45. The van der Waals surface area contributed by atoms with Gasteiger partial charge in [0.25, 0.3) is 17.7 Å². The molecule has 2 N–H and O–H groups in total. The zero-order valence-electron chi connectivity index (χ0n) is 30.3. The van der Waals surface area contributed by atoms with Crippen molar-refractivity contribution in [3.05, 3.63) is 87.9 Å². The topological polar surface area (TPSA) is 155 Å². The number of fused-ring (bicyclic) bond motifs is 1. The lowest BCUT2D eigenvalue weighted by Crippen LogP contribution is -2.54. The summed E-state index contributed by atoms with van der Waals surface area (Å²) < 4.78 is 6.08. The van der Waals surface area contributed by atoms with Gasteiger partial charge in [0.1, 0.15) is 24.0 Å². The summed E-state index contributed by atoms with van der Waals surface area (Å²) in [6.45, 7) is 5.21. The van der Waals surface area contributed by atoms with Crippen molar-refractivity contribution in [3.63, 3.8) is 0 Å². The van der Waals surface area contributed by atoms with Crippen molar-refractivity contribution in [1.29, 1.82) is 5.26 Å². The fraction of sp³-hybridized carbons (Fsp3) is 0.415. The van der Waals surface area contributed by atoms with E-state index < -0.39 is 29.7 Å². The minimum atomic E-state index is -0.976. The number of carbonyl (C=O) groups is 5. The molecule has 4 heterocycles. The van der Waals surface area contributed by atoms with Gasteiger partial charge in [-0.05, 0) is 86.7 Å². The van der Waals surface area contributed by atoms with Gasteiger partial charge in [0.15, 0.2) is 0 Å². The van der Waals surface area contributed by atoms with E-state index in [1.807, 2.05) is 30.3 Å². The van der Waals surface area contributed by atoms with Crippen LogP contribution in [0.3, 0.4) is 0 Å². The number of piperazine rings is 1. The standard InChI is InChI=1S/C41H42ClN7O6/c42-35-23-32(8-3-26(35)24-43)55-31-9-4-27(21-31)44-38(51)25-1-5-28(6-2-25)46-15-13-29(14-16-46)47-17-19-48(20-18-47)30-7-10-33-34(22-30)41(54)49(40(33)53)36-11-12-37(50)45-39(36)52/h1-3,5-8,10,22-23,27,29,31,36H,4,9,11-21H2,(H,44,51)(H,45,50,52)/t27-,31-,36?/m0/s1. The van der Waals surface area contributed by atoms with E-state index in [4.69, 9.17) is 21.6 Å². The van der Waals surface area contributed by atoms with Crippen LogP contribution in [-0.2, 0) is 9.59 Å². The normalized spacial score (nSPS) is 23.4. The molecular weight excluding hydrogens is 722 g/mol. The van der Waals surface area contributed by atoms with Gasteiger partial charge in [0.05, 0.1) is 21.7 Å². The molecule has 55 heavy (non-hydrogen) atoms. The Kier molecular flexibility index (Phi) is 10.2. The number of nitriles is 1. The molecule has 0 radical (unpaired) electrons. The highest BCUT2D eigenvalue weighted by Crippen LogP contribution is 2.32. The Labute approximate surface area is 324 Å². The molecule has 5 amide bonds. The van der Waals surface area contributed by atoms with Crippen LogP contribution in [0.15, 0.2) is 60.7 Å². The minimum absolute atomic E-state index is 0.0213. The van der Waals surface area contributed by atoms with E-state index in [1.165, 1.54) is 0 Å². The number of rotatable bonds is 8. The van der Waals surface area contributed by atoms with E-state index in [0.29, 0.717) is 45.5 Å². The molecule has 1 unspecified atom stereocenters. The number of ether oxygens (including phenoxy) is 1. The van der Waals surface area contributed by atoms with Crippen LogP contribution >= 0.6 is 11.6 Å². The van der Waals surface area contributed by atoms with Crippen molar-refractivity contribution in [2.24, 2.45) is 0 Å². The van der Waals surface area contributed by atoms with E-state index in [1.54, 1.807) is 30.3 Å². The highest BCUT2D eigenvalue weighted by Gasteiger charge is 2.45. The molecular formula is C41H42ClN7O6. The summed E-state index contributed by atoms with van der Waals surface area (Å²) >= 11 is 6.15. The number of hydrogen-bond acceptors (Lipinski definition) is 10. The molecule has 3 aromatic carbocycles. The van der Waals surface area contributed by atoms with E-state index >= 15 is 0 Å². The summed E-state index contributed by atoms with van der Waals surface area (Å²) in [7, 11) is 0. The van der Waals surface area contributed by atoms with Crippen molar-refractivity contribution < 1.29 is 28.7 Å². The molecule has 284 valence electrons. The number of nitrogens with one attached hydrogen (secondary N) is 2. The van der Waals surface area contributed by atoms with Crippen molar-refractivity contribution in [3.8, 4) is 11.8 Å². The molecule has 1 saturated carbocycles. The Morgan fingerprint density at radius 2 is 1.51 bits per heavy atom. The molecule has 4 aliphatic heterocycles. The van der Waals surface area contributed by atoms with E-state index in [9.17, 15) is 24.0 Å². The highest BCUT2D eigenvalue weighted by molar-refractivity contribution is 6.31. The predicted molar refractivity (Wildman–Crippen MR) is 204 cm³/mol.